The molecule has 0 atom stereocenters. The molecule has 0 saturated carbocycles. The summed E-state index contributed by atoms with van der Waals surface area (Å²) in [4.78, 5) is 16.5. The van der Waals surface area contributed by atoms with Crippen LogP contribution in [0.15, 0.2) is 47.0 Å². The van der Waals surface area contributed by atoms with Crippen molar-refractivity contribution in [2.24, 2.45) is 0 Å². The number of rotatable bonds is 6. The van der Waals surface area contributed by atoms with E-state index in [0.717, 1.165) is 0 Å². The van der Waals surface area contributed by atoms with Crippen LogP contribution in [0, 0.1) is 0 Å². The molecule has 0 N–H and O–H groups in total. The molecule has 0 aliphatic heterocycles. The summed E-state index contributed by atoms with van der Waals surface area (Å²) in [6.45, 7) is -0.184. The molecule has 0 unspecified atom stereocenters. The Kier molecular flexibility index (Phi) is 5.38. The number of aromatic nitrogens is 2. The van der Waals surface area contributed by atoms with Crippen LogP contribution < -0.4 is 9.47 Å². The molecule has 2 aromatic carbocycles. The Morgan fingerprint density at radius 1 is 1.12 bits per heavy atom. The molecular weight excluding hydrogens is 360 g/mol. The highest BCUT2D eigenvalue weighted by Crippen LogP contribution is 2.31. The first kappa shape index (κ1) is 17.8. The number of hydrogen-bond donors (Lipinski definition) is 0. The molecule has 0 saturated heterocycles. The van der Waals surface area contributed by atoms with E-state index in [4.69, 9.17) is 30.3 Å². The van der Waals surface area contributed by atoms with Gasteiger partial charge in [0, 0.05) is 5.56 Å². The first-order chi connectivity index (χ1) is 12.6. The predicted octanol–water partition coefficient (Wildman–Crippen LogP) is 3.76. The van der Waals surface area contributed by atoms with Crippen molar-refractivity contribution in [3.63, 3.8) is 0 Å². The molecule has 0 bridgehead atoms. The number of hydrogen-bond acceptors (Lipinski definition) is 7. The highest BCUT2D eigenvalue weighted by molar-refractivity contribution is 6.33. The summed E-state index contributed by atoms with van der Waals surface area (Å²) < 4.78 is 20.7. The lowest BCUT2D eigenvalue weighted by Gasteiger charge is -2.11. The van der Waals surface area contributed by atoms with E-state index in [9.17, 15) is 4.79 Å². The SMILES string of the molecule is COc1cccc(C(=O)OCc2nc(-c3ccccc3Cl)no2)c1OC. The maximum atomic E-state index is 12.3. The third-order valence-electron chi connectivity index (χ3n) is 3.53. The second kappa shape index (κ2) is 7.88. The van der Waals surface area contributed by atoms with Crippen LogP contribution in [0.5, 0.6) is 11.5 Å². The standard InChI is InChI=1S/C18H15ClN2O5/c1-23-14-9-5-7-12(16(14)24-2)18(22)25-10-15-20-17(21-26-15)11-6-3-4-8-13(11)19/h3-9H,10H2,1-2H3. The fourth-order valence-corrected chi connectivity index (χ4v) is 2.54. The van der Waals surface area contributed by atoms with Crippen molar-refractivity contribution >= 4 is 17.6 Å². The van der Waals surface area contributed by atoms with Gasteiger partial charge in [0.25, 0.3) is 5.89 Å². The van der Waals surface area contributed by atoms with Gasteiger partial charge in [0.15, 0.2) is 18.1 Å². The van der Waals surface area contributed by atoms with E-state index in [1.807, 2.05) is 6.07 Å². The molecule has 0 aliphatic carbocycles. The van der Waals surface area contributed by atoms with E-state index in [-0.39, 0.29) is 18.1 Å². The molecule has 0 radical (unpaired) electrons. The van der Waals surface area contributed by atoms with E-state index in [0.29, 0.717) is 27.9 Å². The van der Waals surface area contributed by atoms with Crippen molar-refractivity contribution in [1.82, 2.24) is 10.1 Å². The number of nitrogens with zero attached hydrogens (tertiary/aromatic N) is 2. The smallest absolute Gasteiger partial charge is 0.342 e. The molecule has 26 heavy (non-hydrogen) atoms. The van der Waals surface area contributed by atoms with Crippen molar-refractivity contribution in [3.05, 3.63) is 58.9 Å². The van der Waals surface area contributed by atoms with Gasteiger partial charge >= 0.3 is 5.97 Å². The van der Waals surface area contributed by atoms with Crippen molar-refractivity contribution in [2.45, 2.75) is 6.61 Å². The molecule has 1 heterocycles. The molecule has 8 heteroatoms. The average Bonchev–Trinajstić information content (AvgIpc) is 3.14. The van der Waals surface area contributed by atoms with Gasteiger partial charge in [-0.3, -0.25) is 0 Å². The number of halogens is 1. The Hall–Kier alpha value is -3.06. The molecule has 0 aliphatic rings. The highest BCUT2D eigenvalue weighted by Gasteiger charge is 2.19. The number of esters is 1. The van der Waals surface area contributed by atoms with Crippen molar-refractivity contribution in [1.29, 1.82) is 0 Å². The van der Waals surface area contributed by atoms with Gasteiger partial charge in [0.2, 0.25) is 5.82 Å². The number of benzene rings is 2. The van der Waals surface area contributed by atoms with Gasteiger partial charge in [-0.15, -0.1) is 0 Å². The summed E-state index contributed by atoms with van der Waals surface area (Å²) in [6.07, 6.45) is 0. The summed E-state index contributed by atoms with van der Waals surface area (Å²) in [5, 5.41) is 4.35. The van der Waals surface area contributed by atoms with Crippen LogP contribution in [-0.2, 0) is 11.3 Å². The van der Waals surface area contributed by atoms with E-state index >= 15 is 0 Å². The van der Waals surface area contributed by atoms with Crippen LogP contribution in [0.2, 0.25) is 5.02 Å². The minimum Gasteiger partial charge on any atom is -0.493 e. The van der Waals surface area contributed by atoms with Gasteiger partial charge in [-0.25, -0.2) is 4.79 Å². The maximum absolute atomic E-state index is 12.3. The quantitative estimate of drug-likeness (QED) is 0.607. The number of methoxy groups -OCH3 is 2. The minimum atomic E-state index is -0.599. The average molecular weight is 375 g/mol. The van der Waals surface area contributed by atoms with Crippen LogP contribution in [0.3, 0.4) is 0 Å². The second-order valence-electron chi connectivity index (χ2n) is 5.11. The molecule has 0 spiro atoms. The lowest BCUT2D eigenvalue weighted by atomic mass is 10.2. The Labute approximate surface area is 154 Å². The molecule has 134 valence electrons. The van der Waals surface area contributed by atoms with Gasteiger partial charge in [-0.2, -0.15) is 4.98 Å². The predicted molar refractivity (Wildman–Crippen MR) is 93.4 cm³/mol. The van der Waals surface area contributed by atoms with Crippen LogP contribution >= 0.6 is 11.6 Å². The maximum Gasteiger partial charge on any atom is 0.342 e. The van der Waals surface area contributed by atoms with Gasteiger partial charge in [0.05, 0.1) is 19.2 Å². The third kappa shape index (κ3) is 3.62. The molecule has 7 nitrogen and oxygen atoms in total. The van der Waals surface area contributed by atoms with E-state index in [2.05, 4.69) is 10.1 Å². The number of carbonyl (C=O) groups excluding carboxylic acids is 1. The van der Waals surface area contributed by atoms with Gasteiger partial charge in [0.1, 0.15) is 5.56 Å². The molecule has 0 fully saturated rings. The van der Waals surface area contributed by atoms with Crippen molar-refractivity contribution in [3.8, 4) is 22.9 Å². The topological polar surface area (TPSA) is 83.7 Å². The summed E-state index contributed by atoms with van der Waals surface area (Å²) in [5.41, 5.74) is 0.864. The lowest BCUT2D eigenvalue weighted by molar-refractivity contribution is 0.0425. The van der Waals surface area contributed by atoms with E-state index in [1.54, 1.807) is 36.4 Å². The van der Waals surface area contributed by atoms with Crippen molar-refractivity contribution < 1.29 is 23.5 Å². The van der Waals surface area contributed by atoms with Gasteiger partial charge < -0.3 is 18.7 Å². The van der Waals surface area contributed by atoms with Gasteiger partial charge in [-0.1, -0.05) is 35.0 Å². The zero-order valence-corrected chi connectivity index (χ0v) is 14.8. The summed E-state index contributed by atoms with van der Waals surface area (Å²) in [5.74, 6) is 0.594. The van der Waals surface area contributed by atoms with E-state index < -0.39 is 5.97 Å². The fourth-order valence-electron chi connectivity index (χ4n) is 2.32. The molecule has 0 amide bonds. The number of carbonyl (C=O) groups is 1. The summed E-state index contributed by atoms with van der Waals surface area (Å²) in [6, 6.07) is 12.0. The summed E-state index contributed by atoms with van der Waals surface area (Å²) >= 11 is 6.10. The van der Waals surface area contributed by atoms with E-state index in [1.165, 1.54) is 14.2 Å². The second-order valence-corrected chi connectivity index (χ2v) is 5.52. The minimum absolute atomic E-state index is 0.148. The normalized spacial score (nSPS) is 10.4. The van der Waals surface area contributed by atoms with Crippen molar-refractivity contribution in [2.75, 3.05) is 14.2 Å². The molecular formula is C18H15ClN2O5. The zero-order chi connectivity index (χ0) is 18.5. The fraction of sp³-hybridized carbons (Fsp3) is 0.167. The highest BCUT2D eigenvalue weighted by atomic mass is 35.5. The zero-order valence-electron chi connectivity index (χ0n) is 14.1. The first-order valence-corrected chi connectivity index (χ1v) is 7.97. The van der Waals surface area contributed by atoms with Gasteiger partial charge in [-0.05, 0) is 24.3 Å². The Morgan fingerprint density at radius 3 is 2.65 bits per heavy atom. The number of para-hydroxylation sites is 1. The molecule has 1 aromatic heterocycles. The van der Waals surface area contributed by atoms with Crippen LogP contribution in [-0.4, -0.2) is 30.3 Å². The van der Waals surface area contributed by atoms with Crippen LogP contribution in [0.25, 0.3) is 11.4 Å². The third-order valence-corrected chi connectivity index (χ3v) is 3.86. The largest absolute Gasteiger partial charge is 0.493 e. The number of ether oxygens (including phenoxy) is 3. The first-order valence-electron chi connectivity index (χ1n) is 7.59. The Morgan fingerprint density at radius 2 is 1.92 bits per heavy atom. The Bertz CT molecular complexity index is 925. The molecule has 3 rings (SSSR count). The van der Waals surface area contributed by atoms with Crippen LogP contribution in [0.1, 0.15) is 16.2 Å². The summed E-state index contributed by atoms with van der Waals surface area (Å²) in [7, 11) is 2.93. The molecule has 3 aromatic rings. The lowest BCUT2D eigenvalue weighted by Crippen LogP contribution is -2.08. The Balaban J connectivity index is 1.72. The van der Waals surface area contributed by atoms with Crippen LogP contribution in [0.4, 0.5) is 0 Å². The monoisotopic (exact) mass is 374 g/mol.